The maximum atomic E-state index is 6.07. The van der Waals surface area contributed by atoms with Crippen LogP contribution in [-0.4, -0.2) is 16.1 Å². The van der Waals surface area contributed by atoms with Crippen molar-refractivity contribution in [3.8, 4) is 5.88 Å². The molecule has 0 aromatic carbocycles. The van der Waals surface area contributed by atoms with E-state index >= 15 is 0 Å². The summed E-state index contributed by atoms with van der Waals surface area (Å²) >= 11 is 9.49. The Hall–Kier alpha value is -0.870. The molecule has 0 amide bonds. The molecular formula is C11H10BrClN2O. The Morgan fingerprint density at radius 3 is 2.81 bits per heavy atom. The van der Waals surface area contributed by atoms with Gasteiger partial charge in [-0.25, -0.2) is 9.97 Å². The first kappa shape index (κ1) is 11.6. The van der Waals surface area contributed by atoms with Crippen molar-refractivity contribution in [2.24, 2.45) is 0 Å². The summed E-state index contributed by atoms with van der Waals surface area (Å²) in [5.41, 5.74) is 0. The van der Waals surface area contributed by atoms with E-state index in [1.807, 2.05) is 19.9 Å². The third kappa shape index (κ3) is 2.13. The molecule has 0 spiro atoms. The lowest BCUT2D eigenvalue weighted by Crippen LogP contribution is -2.07. The van der Waals surface area contributed by atoms with Gasteiger partial charge in [0.1, 0.15) is 5.15 Å². The van der Waals surface area contributed by atoms with E-state index in [0.29, 0.717) is 11.0 Å². The fourth-order valence-electron chi connectivity index (χ4n) is 1.40. The molecule has 0 aliphatic rings. The predicted octanol–water partition coefficient (Wildman–Crippen LogP) is 3.83. The third-order valence-electron chi connectivity index (χ3n) is 2.02. The van der Waals surface area contributed by atoms with Crippen molar-refractivity contribution in [3.63, 3.8) is 0 Å². The van der Waals surface area contributed by atoms with Gasteiger partial charge < -0.3 is 4.74 Å². The van der Waals surface area contributed by atoms with Crippen LogP contribution in [0.15, 0.2) is 22.9 Å². The summed E-state index contributed by atoms with van der Waals surface area (Å²) in [4.78, 5) is 8.25. The summed E-state index contributed by atoms with van der Waals surface area (Å²) in [6, 6.07) is 1.88. The van der Waals surface area contributed by atoms with E-state index in [1.165, 1.54) is 0 Å². The minimum absolute atomic E-state index is 0.0492. The molecule has 3 nitrogen and oxygen atoms in total. The number of hydrogen-bond acceptors (Lipinski definition) is 3. The van der Waals surface area contributed by atoms with E-state index in [2.05, 4.69) is 25.9 Å². The quantitative estimate of drug-likeness (QED) is 0.791. The molecule has 0 saturated carbocycles. The Labute approximate surface area is 107 Å². The van der Waals surface area contributed by atoms with Crippen LogP contribution in [0.25, 0.3) is 10.8 Å². The van der Waals surface area contributed by atoms with Crippen LogP contribution in [0.3, 0.4) is 0 Å². The first-order valence-corrected chi connectivity index (χ1v) is 6.02. The molecule has 0 bridgehead atoms. The fourth-order valence-corrected chi connectivity index (χ4v) is 2.07. The zero-order chi connectivity index (χ0) is 11.7. The number of pyridine rings is 2. The van der Waals surface area contributed by atoms with Gasteiger partial charge in [-0.1, -0.05) is 11.6 Å². The van der Waals surface area contributed by atoms with Crippen molar-refractivity contribution in [2.45, 2.75) is 20.0 Å². The topological polar surface area (TPSA) is 35.0 Å². The minimum Gasteiger partial charge on any atom is -0.474 e. The van der Waals surface area contributed by atoms with Gasteiger partial charge in [-0.3, -0.25) is 0 Å². The van der Waals surface area contributed by atoms with Crippen LogP contribution in [-0.2, 0) is 0 Å². The second-order valence-corrected chi connectivity index (χ2v) is 4.81. The number of aromatic nitrogens is 2. The average Bonchev–Trinajstić information content (AvgIpc) is 2.22. The standard InChI is InChI=1S/C11H10BrClN2O/c1-6(2)16-11-9-7(8(12)5-15-11)3-4-14-10(9)13/h3-6H,1-2H3. The van der Waals surface area contributed by atoms with E-state index in [0.717, 1.165) is 15.2 Å². The third-order valence-corrected chi connectivity index (χ3v) is 2.94. The lowest BCUT2D eigenvalue weighted by molar-refractivity contribution is 0.236. The molecule has 0 radical (unpaired) electrons. The smallest absolute Gasteiger partial charge is 0.224 e. The van der Waals surface area contributed by atoms with Gasteiger partial charge in [-0.05, 0) is 35.8 Å². The van der Waals surface area contributed by atoms with Crippen LogP contribution >= 0.6 is 27.5 Å². The Morgan fingerprint density at radius 2 is 2.12 bits per heavy atom. The van der Waals surface area contributed by atoms with E-state index in [4.69, 9.17) is 16.3 Å². The maximum absolute atomic E-state index is 6.07. The molecule has 2 rings (SSSR count). The highest BCUT2D eigenvalue weighted by molar-refractivity contribution is 9.10. The zero-order valence-corrected chi connectivity index (χ0v) is 11.2. The number of rotatable bonds is 2. The monoisotopic (exact) mass is 300 g/mol. The Morgan fingerprint density at radius 1 is 1.38 bits per heavy atom. The van der Waals surface area contributed by atoms with Crippen molar-refractivity contribution in [1.82, 2.24) is 9.97 Å². The molecule has 0 fully saturated rings. The molecule has 0 saturated heterocycles. The normalized spacial score (nSPS) is 11.1. The van der Waals surface area contributed by atoms with E-state index in [9.17, 15) is 0 Å². The van der Waals surface area contributed by atoms with Gasteiger partial charge in [-0.2, -0.15) is 0 Å². The molecule has 0 aliphatic carbocycles. The molecule has 0 unspecified atom stereocenters. The predicted molar refractivity (Wildman–Crippen MR) is 68.0 cm³/mol. The molecule has 0 N–H and O–H groups in total. The Kier molecular flexibility index (Phi) is 3.30. The molecule has 2 aromatic rings. The molecule has 0 aliphatic heterocycles. The minimum atomic E-state index is 0.0492. The molecule has 2 aromatic heterocycles. The summed E-state index contributed by atoms with van der Waals surface area (Å²) in [7, 11) is 0. The van der Waals surface area contributed by atoms with Gasteiger partial charge in [-0.15, -0.1) is 0 Å². The molecule has 0 atom stereocenters. The van der Waals surface area contributed by atoms with Gasteiger partial charge in [0.25, 0.3) is 0 Å². The van der Waals surface area contributed by atoms with Crippen molar-refractivity contribution in [1.29, 1.82) is 0 Å². The average molecular weight is 302 g/mol. The lowest BCUT2D eigenvalue weighted by Gasteiger charge is -2.12. The van der Waals surface area contributed by atoms with Gasteiger partial charge in [0, 0.05) is 22.3 Å². The summed E-state index contributed by atoms with van der Waals surface area (Å²) in [6.45, 7) is 3.89. The maximum Gasteiger partial charge on any atom is 0.224 e. The SMILES string of the molecule is CC(C)Oc1ncc(Br)c2ccnc(Cl)c12. The van der Waals surface area contributed by atoms with E-state index in [1.54, 1.807) is 12.4 Å². The lowest BCUT2D eigenvalue weighted by atomic mass is 10.2. The van der Waals surface area contributed by atoms with Crippen molar-refractivity contribution >= 4 is 38.3 Å². The fraction of sp³-hybridized carbons (Fsp3) is 0.273. The highest BCUT2D eigenvalue weighted by Gasteiger charge is 2.12. The Balaban J connectivity index is 2.71. The molecule has 16 heavy (non-hydrogen) atoms. The summed E-state index contributed by atoms with van der Waals surface area (Å²) in [5.74, 6) is 0.520. The highest BCUT2D eigenvalue weighted by Crippen LogP contribution is 2.33. The van der Waals surface area contributed by atoms with Crippen LogP contribution in [0.2, 0.25) is 5.15 Å². The van der Waals surface area contributed by atoms with Crippen LogP contribution in [0.4, 0.5) is 0 Å². The molecule has 5 heteroatoms. The molecule has 2 heterocycles. The first-order chi connectivity index (χ1) is 7.59. The van der Waals surface area contributed by atoms with Crippen LogP contribution in [0, 0.1) is 0 Å². The van der Waals surface area contributed by atoms with Gasteiger partial charge in [0.05, 0.1) is 11.5 Å². The summed E-state index contributed by atoms with van der Waals surface area (Å²) in [6.07, 6.45) is 3.42. The second kappa shape index (κ2) is 4.55. The van der Waals surface area contributed by atoms with Crippen molar-refractivity contribution < 1.29 is 4.74 Å². The van der Waals surface area contributed by atoms with E-state index < -0.39 is 0 Å². The Bertz CT molecular complexity index is 531. The zero-order valence-electron chi connectivity index (χ0n) is 8.87. The van der Waals surface area contributed by atoms with Crippen molar-refractivity contribution in [3.05, 3.63) is 28.1 Å². The van der Waals surface area contributed by atoms with Crippen LogP contribution in [0.5, 0.6) is 5.88 Å². The summed E-state index contributed by atoms with van der Waals surface area (Å²) in [5, 5.41) is 2.10. The van der Waals surface area contributed by atoms with Gasteiger partial charge in [0.2, 0.25) is 5.88 Å². The first-order valence-electron chi connectivity index (χ1n) is 4.85. The number of halogens is 2. The summed E-state index contributed by atoms with van der Waals surface area (Å²) < 4.78 is 6.48. The largest absolute Gasteiger partial charge is 0.474 e. The van der Waals surface area contributed by atoms with Gasteiger partial charge in [0.15, 0.2) is 0 Å². The van der Waals surface area contributed by atoms with E-state index in [-0.39, 0.29) is 6.10 Å². The van der Waals surface area contributed by atoms with Gasteiger partial charge >= 0.3 is 0 Å². The number of nitrogens with zero attached hydrogens (tertiary/aromatic N) is 2. The van der Waals surface area contributed by atoms with Crippen LogP contribution in [0.1, 0.15) is 13.8 Å². The number of hydrogen-bond donors (Lipinski definition) is 0. The number of ether oxygens (including phenoxy) is 1. The molecule has 84 valence electrons. The van der Waals surface area contributed by atoms with Crippen molar-refractivity contribution in [2.75, 3.05) is 0 Å². The number of fused-ring (bicyclic) bond motifs is 1. The molecular weight excluding hydrogens is 291 g/mol. The van der Waals surface area contributed by atoms with Crippen LogP contribution < -0.4 is 4.74 Å². The second-order valence-electron chi connectivity index (χ2n) is 3.60. The highest BCUT2D eigenvalue weighted by atomic mass is 79.9.